The number of alkyl halides is 6. The summed E-state index contributed by atoms with van der Waals surface area (Å²) in [5.74, 6) is -1.58. The van der Waals surface area contributed by atoms with Crippen LogP contribution >= 0.6 is 35.1 Å². The van der Waals surface area contributed by atoms with Gasteiger partial charge in [-0.3, -0.25) is 4.79 Å². The summed E-state index contributed by atoms with van der Waals surface area (Å²) in [4.78, 5) is 13.0. The van der Waals surface area contributed by atoms with E-state index >= 15 is 0 Å². The molecular formula is C24H19Cl2F7N2O2S. The Kier molecular flexibility index (Phi) is 8.02. The van der Waals surface area contributed by atoms with Gasteiger partial charge in [-0.2, -0.15) is 26.3 Å². The number of rotatable bonds is 3. The average molecular weight is 603 g/mol. The molecule has 1 amide bonds. The number of carbonyl (C=O) groups is 1. The topological polar surface area (TPSA) is 41.9 Å². The monoisotopic (exact) mass is 602 g/mol. The SMILES string of the molecule is CC(F)(F)F.O=C(CC(F)(F)F)N1CC2(C1)OCc1cc(C3=NSC(c4cc(Cl)c(F)c(Cl)c4)C3)ccc12. The van der Waals surface area contributed by atoms with Crippen molar-refractivity contribution in [2.75, 3.05) is 13.1 Å². The van der Waals surface area contributed by atoms with Gasteiger partial charge in [-0.05, 0) is 52.4 Å². The van der Waals surface area contributed by atoms with Gasteiger partial charge in [0.1, 0.15) is 12.0 Å². The lowest BCUT2D eigenvalue weighted by atomic mass is 9.84. The molecule has 3 aliphatic rings. The Morgan fingerprint density at radius 3 is 2.32 bits per heavy atom. The van der Waals surface area contributed by atoms with E-state index in [1.54, 1.807) is 12.1 Å². The highest BCUT2D eigenvalue weighted by Crippen LogP contribution is 2.46. The molecule has 2 aromatic carbocycles. The summed E-state index contributed by atoms with van der Waals surface area (Å²) in [6.45, 7) is 0.725. The molecule has 3 aliphatic heterocycles. The molecule has 0 N–H and O–H groups in total. The van der Waals surface area contributed by atoms with Crippen LogP contribution in [0.4, 0.5) is 30.7 Å². The second-order valence-corrected chi connectivity index (χ2v) is 10.9. The first-order chi connectivity index (χ1) is 17.5. The largest absolute Gasteiger partial charge is 0.397 e. The third-order valence-corrected chi connectivity index (χ3v) is 7.65. The van der Waals surface area contributed by atoms with Crippen LogP contribution in [0.1, 0.15) is 47.3 Å². The van der Waals surface area contributed by atoms with Crippen molar-refractivity contribution in [3.05, 3.63) is 68.4 Å². The fourth-order valence-electron chi connectivity index (χ4n) is 4.41. The Bertz CT molecular complexity index is 1250. The molecule has 206 valence electrons. The number of hydrogen-bond donors (Lipinski definition) is 0. The number of nitrogens with zero attached hydrogens (tertiary/aromatic N) is 2. The summed E-state index contributed by atoms with van der Waals surface area (Å²) in [6.07, 6.45) is -9.38. The van der Waals surface area contributed by atoms with Gasteiger partial charge >= 0.3 is 12.4 Å². The van der Waals surface area contributed by atoms with Crippen molar-refractivity contribution in [3.63, 3.8) is 0 Å². The first kappa shape index (κ1) is 29.0. The van der Waals surface area contributed by atoms with Crippen LogP contribution in [0.5, 0.6) is 0 Å². The summed E-state index contributed by atoms with van der Waals surface area (Å²) in [5, 5.41) is -0.115. The molecule has 1 spiro atoms. The Morgan fingerprint density at radius 2 is 1.74 bits per heavy atom. The minimum atomic E-state index is -4.52. The maximum absolute atomic E-state index is 13.7. The molecule has 5 rings (SSSR count). The second-order valence-electron chi connectivity index (χ2n) is 9.11. The summed E-state index contributed by atoms with van der Waals surface area (Å²) in [6, 6.07) is 8.89. The smallest absolute Gasteiger partial charge is 0.362 e. The number of ether oxygens (including phenoxy) is 1. The Labute approximate surface area is 227 Å². The summed E-state index contributed by atoms with van der Waals surface area (Å²) in [5.41, 5.74) is 3.64. The molecule has 38 heavy (non-hydrogen) atoms. The van der Waals surface area contributed by atoms with Crippen molar-refractivity contribution in [3.8, 4) is 0 Å². The fraction of sp³-hybridized carbons (Fsp3) is 0.417. The predicted octanol–water partition coefficient (Wildman–Crippen LogP) is 7.80. The van der Waals surface area contributed by atoms with E-state index in [2.05, 4.69) is 4.40 Å². The molecule has 0 radical (unpaired) electrons. The molecular weight excluding hydrogens is 584 g/mol. The maximum atomic E-state index is 13.7. The van der Waals surface area contributed by atoms with Crippen molar-refractivity contribution in [2.24, 2.45) is 4.40 Å². The van der Waals surface area contributed by atoms with Gasteiger partial charge in [-0.1, -0.05) is 35.3 Å². The highest BCUT2D eigenvalue weighted by Gasteiger charge is 2.52. The van der Waals surface area contributed by atoms with Crippen molar-refractivity contribution < 1.29 is 40.3 Å². The minimum Gasteiger partial charge on any atom is -0.362 e. The van der Waals surface area contributed by atoms with Gasteiger partial charge in [-0.25, -0.2) is 8.79 Å². The van der Waals surface area contributed by atoms with E-state index in [9.17, 15) is 35.5 Å². The fourth-order valence-corrected chi connectivity index (χ4v) is 5.84. The van der Waals surface area contributed by atoms with Gasteiger partial charge in [-0.15, -0.1) is 0 Å². The first-order valence-electron chi connectivity index (χ1n) is 11.1. The quantitative estimate of drug-likeness (QED) is 0.204. The molecule has 0 aromatic heterocycles. The van der Waals surface area contributed by atoms with Gasteiger partial charge in [0.15, 0.2) is 5.82 Å². The zero-order chi connectivity index (χ0) is 28.0. The number of likely N-dealkylation sites (tertiary alicyclic amines) is 1. The van der Waals surface area contributed by atoms with Gasteiger partial charge < -0.3 is 9.64 Å². The third kappa shape index (κ3) is 6.57. The number of benzene rings is 2. The summed E-state index contributed by atoms with van der Waals surface area (Å²) >= 11 is 13.2. The van der Waals surface area contributed by atoms with Gasteiger partial charge in [0.25, 0.3) is 0 Å². The molecule has 0 aliphatic carbocycles. The molecule has 4 nitrogen and oxygen atoms in total. The van der Waals surface area contributed by atoms with E-state index in [0.717, 1.165) is 28.0 Å². The van der Waals surface area contributed by atoms with E-state index in [-0.39, 0.29) is 35.3 Å². The number of hydrogen-bond acceptors (Lipinski definition) is 4. The molecule has 3 heterocycles. The highest BCUT2D eigenvalue weighted by molar-refractivity contribution is 7.98. The van der Waals surface area contributed by atoms with E-state index in [1.165, 1.54) is 16.8 Å². The van der Waals surface area contributed by atoms with Gasteiger partial charge in [0, 0.05) is 13.3 Å². The molecule has 1 atom stereocenters. The lowest BCUT2D eigenvalue weighted by molar-refractivity contribution is -0.185. The number of carbonyl (C=O) groups excluding carboxylic acids is 1. The normalized spacial score (nSPS) is 20.0. The predicted molar refractivity (Wildman–Crippen MR) is 130 cm³/mol. The molecule has 14 heteroatoms. The number of halogens is 9. The molecule has 1 unspecified atom stereocenters. The second kappa shape index (κ2) is 10.5. The summed E-state index contributed by atoms with van der Waals surface area (Å²) in [7, 11) is 0. The van der Waals surface area contributed by atoms with E-state index in [0.29, 0.717) is 13.0 Å². The Balaban J connectivity index is 0.000000617. The van der Waals surface area contributed by atoms with E-state index in [1.807, 2.05) is 18.2 Å². The van der Waals surface area contributed by atoms with Crippen LogP contribution < -0.4 is 0 Å². The van der Waals surface area contributed by atoms with Crippen LogP contribution in [0.2, 0.25) is 10.0 Å². The van der Waals surface area contributed by atoms with E-state index < -0.39 is 36.1 Å². The van der Waals surface area contributed by atoms with E-state index in [4.69, 9.17) is 27.9 Å². The molecule has 0 bridgehead atoms. The standard InChI is InChI=1S/C22H16Cl2F4N2O2S.C2H3F3/c23-15-4-12(5-16(24)20(15)25)18-6-17(29-33-18)11-1-2-14-13(3-11)8-32-21(14)9-30(10-21)19(31)7-22(26,27)28;1-2(3,4)5/h1-5,18H,6-10H2;1H3. The minimum absolute atomic E-state index is 0.0326. The van der Waals surface area contributed by atoms with Crippen LogP contribution in [0.15, 0.2) is 34.7 Å². The lowest BCUT2D eigenvalue weighted by Gasteiger charge is -2.47. The first-order valence-corrected chi connectivity index (χ1v) is 12.7. The number of fused-ring (bicyclic) bond motifs is 2. The maximum Gasteiger partial charge on any atom is 0.397 e. The van der Waals surface area contributed by atoms with Crippen molar-refractivity contribution in [1.29, 1.82) is 0 Å². The van der Waals surface area contributed by atoms with Crippen molar-refractivity contribution >= 4 is 46.8 Å². The van der Waals surface area contributed by atoms with Crippen LogP contribution in [-0.2, 0) is 21.7 Å². The average Bonchev–Trinajstić information content (AvgIpc) is 3.38. The third-order valence-electron chi connectivity index (χ3n) is 6.08. The zero-order valence-electron chi connectivity index (χ0n) is 19.5. The van der Waals surface area contributed by atoms with Gasteiger partial charge in [0.2, 0.25) is 5.91 Å². The zero-order valence-corrected chi connectivity index (χ0v) is 21.8. The van der Waals surface area contributed by atoms with Crippen LogP contribution in [0.3, 0.4) is 0 Å². The molecule has 0 saturated carbocycles. The Hall–Kier alpha value is -2.02. The van der Waals surface area contributed by atoms with Crippen LogP contribution in [-0.4, -0.2) is 42.0 Å². The van der Waals surface area contributed by atoms with Gasteiger partial charge in [0.05, 0.1) is 40.7 Å². The molecule has 1 fully saturated rings. The Morgan fingerprint density at radius 1 is 1.13 bits per heavy atom. The number of amides is 1. The van der Waals surface area contributed by atoms with Crippen molar-refractivity contribution in [1.82, 2.24) is 4.90 Å². The van der Waals surface area contributed by atoms with Crippen LogP contribution in [0, 0.1) is 5.82 Å². The molecule has 2 aromatic rings. The summed E-state index contributed by atoms with van der Waals surface area (Å²) < 4.78 is 92.8. The van der Waals surface area contributed by atoms with Crippen molar-refractivity contribution in [2.45, 2.75) is 49.6 Å². The highest BCUT2D eigenvalue weighted by atomic mass is 35.5. The molecule has 1 saturated heterocycles. The van der Waals surface area contributed by atoms with Crippen LogP contribution in [0.25, 0.3) is 0 Å². The lowest BCUT2D eigenvalue weighted by Crippen LogP contribution is -2.61.